The smallest absolute Gasteiger partial charge is 0.293 e. The lowest BCUT2D eigenvalue weighted by molar-refractivity contribution is 0.0996. The standard InChI is InChI=1S/C19H20N2O4S/c1-4-6-16-17(12-9-13(23-2)11-14(10-12)24-3)20-19(26-16)21-18(22)15-7-5-8-25-15/h5,7-11H,4,6H2,1-3H3,(H,20,21,22). The normalized spacial score (nSPS) is 10.6. The van der Waals surface area contributed by atoms with Gasteiger partial charge in [-0.25, -0.2) is 4.98 Å². The van der Waals surface area contributed by atoms with E-state index in [1.54, 1.807) is 26.4 Å². The second-order valence-corrected chi connectivity index (χ2v) is 6.66. The van der Waals surface area contributed by atoms with Crippen LogP contribution in [0.5, 0.6) is 11.5 Å². The molecular formula is C19H20N2O4S. The number of benzene rings is 1. The number of furan rings is 1. The molecule has 0 fully saturated rings. The minimum atomic E-state index is -0.318. The summed E-state index contributed by atoms with van der Waals surface area (Å²) in [7, 11) is 3.23. The second-order valence-electron chi connectivity index (χ2n) is 5.57. The van der Waals surface area contributed by atoms with E-state index in [0.717, 1.165) is 29.0 Å². The third kappa shape index (κ3) is 3.88. The quantitative estimate of drug-likeness (QED) is 0.655. The van der Waals surface area contributed by atoms with Gasteiger partial charge < -0.3 is 13.9 Å². The maximum absolute atomic E-state index is 12.2. The number of methoxy groups -OCH3 is 2. The average Bonchev–Trinajstić information content (AvgIpc) is 3.32. The molecule has 3 rings (SSSR count). The molecule has 6 nitrogen and oxygen atoms in total. The number of carbonyl (C=O) groups excluding carboxylic acids is 1. The number of hydrogen-bond acceptors (Lipinski definition) is 6. The third-order valence-electron chi connectivity index (χ3n) is 3.76. The third-order valence-corrected chi connectivity index (χ3v) is 4.80. The van der Waals surface area contributed by atoms with Crippen molar-refractivity contribution in [2.75, 3.05) is 19.5 Å². The van der Waals surface area contributed by atoms with Gasteiger partial charge in [-0.05, 0) is 30.7 Å². The molecule has 26 heavy (non-hydrogen) atoms. The van der Waals surface area contributed by atoms with E-state index in [1.165, 1.54) is 17.6 Å². The fourth-order valence-corrected chi connectivity index (χ4v) is 3.62. The fourth-order valence-electron chi connectivity index (χ4n) is 2.54. The van der Waals surface area contributed by atoms with E-state index in [9.17, 15) is 4.79 Å². The average molecular weight is 372 g/mol. The fraction of sp³-hybridized carbons (Fsp3) is 0.263. The molecule has 0 atom stereocenters. The van der Waals surface area contributed by atoms with E-state index in [1.807, 2.05) is 18.2 Å². The van der Waals surface area contributed by atoms with Crippen LogP contribution in [0.3, 0.4) is 0 Å². The summed E-state index contributed by atoms with van der Waals surface area (Å²) >= 11 is 1.47. The number of thiazole rings is 1. The lowest BCUT2D eigenvalue weighted by Gasteiger charge is -2.08. The summed E-state index contributed by atoms with van der Waals surface area (Å²) in [6, 6.07) is 8.93. The zero-order valence-electron chi connectivity index (χ0n) is 14.9. The number of rotatable bonds is 7. The van der Waals surface area contributed by atoms with Gasteiger partial charge >= 0.3 is 0 Å². The molecule has 1 aromatic carbocycles. The van der Waals surface area contributed by atoms with Gasteiger partial charge in [0.2, 0.25) is 0 Å². The predicted molar refractivity (Wildman–Crippen MR) is 101 cm³/mol. The van der Waals surface area contributed by atoms with Gasteiger partial charge in [-0.1, -0.05) is 13.3 Å². The highest BCUT2D eigenvalue weighted by Crippen LogP contribution is 2.36. The van der Waals surface area contributed by atoms with Crippen molar-refractivity contribution in [3.8, 4) is 22.8 Å². The highest BCUT2D eigenvalue weighted by atomic mass is 32.1. The molecular weight excluding hydrogens is 352 g/mol. The Kier molecular flexibility index (Phi) is 5.58. The summed E-state index contributed by atoms with van der Waals surface area (Å²) in [5, 5.41) is 3.34. The molecule has 1 N–H and O–H groups in total. The van der Waals surface area contributed by atoms with Crippen molar-refractivity contribution >= 4 is 22.4 Å². The molecule has 0 spiro atoms. The lowest BCUT2D eigenvalue weighted by Crippen LogP contribution is -2.10. The van der Waals surface area contributed by atoms with Crippen molar-refractivity contribution < 1.29 is 18.7 Å². The van der Waals surface area contributed by atoms with E-state index in [2.05, 4.69) is 17.2 Å². The maximum atomic E-state index is 12.2. The Morgan fingerprint density at radius 2 is 1.96 bits per heavy atom. The van der Waals surface area contributed by atoms with Gasteiger partial charge in [0, 0.05) is 16.5 Å². The Labute approximate surface area is 155 Å². The number of nitrogens with zero attached hydrogens (tertiary/aromatic N) is 1. The van der Waals surface area contributed by atoms with E-state index in [-0.39, 0.29) is 11.7 Å². The number of hydrogen-bond donors (Lipinski definition) is 1. The van der Waals surface area contributed by atoms with Crippen molar-refractivity contribution in [1.29, 1.82) is 0 Å². The van der Waals surface area contributed by atoms with Gasteiger partial charge in [-0.2, -0.15) is 0 Å². The summed E-state index contributed by atoms with van der Waals surface area (Å²) in [4.78, 5) is 17.9. The van der Waals surface area contributed by atoms with Crippen LogP contribution in [0.2, 0.25) is 0 Å². The minimum Gasteiger partial charge on any atom is -0.497 e. The van der Waals surface area contributed by atoms with Crippen molar-refractivity contribution in [3.63, 3.8) is 0 Å². The van der Waals surface area contributed by atoms with Crippen LogP contribution in [0.25, 0.3) is 11.3 Å². The molecule has 2 aromatic heterocycles. The Balaban J connectivity index is 1.96. The maximum Gasteiger partial charge on any atom is 0.293 e. The predicted octanol–water partition coefficient (Wildman–Crippen LogP) is 4.63. The first-order valence-corrected chi connectivity index (χ1v) is 9.04. The van der Waals surface area contributed by atoms with Crippen LogP contribution in [0, 0.1) is 0 Å². The van der Waals surface area contributed by atoms with Crippen LogP contribution in [-0.4, -0.2) is 25.1 Å². The number of anilines is 1. The van der Waals surface area contributed by atoms with Crippen LogP contribution in [0.15, 0.2) is 41.0 Å². The number of carbonyl (C=O) groups is 1. The minimum absolute atomic E-state index is 0.252. The number of nitrogens with one attached hydrogen (secondary N) is 1. The number of ether oxygens (including phenoxy) is 2. The number of aromatic nitrogens is 1. The molecule has 0 saturated carbocycles. The molecule has 1 amide bonds. The summed E-state index contributed by atoms with van der Waals surface area (Å²) in [6.07, 6.45) is 3.30. The first kappa shape index (κ1) is 18.0. The molecule has 0 aliphatic heterocycles. The molecule has 0 unspecified atom stereocenters. The van der Waals surface area contributed by atoms with Crippen molar-refractivity contribution in [1.82, 2.24) is 4.98 Å². The van der Waals surface area contributed by atoms with Crippen LogP contribution in [0.1, 0.15) is 28.8 Å². The largest absolute Gasteiger partial charge is 0.497 e. The highest BCUT2D eigenvalue weighted by Gasteiger charge is 2.17. The van der Waals surface area contributed by atoms with E-state index >= 15 is 0 Å². The monoisotopic (exact) mass is 372 g/mol. The topological polar surface area (TPSA) is 73.6 Å². The van der Waals surface area contributed by atoms with Gasteiger partial charge in [-0.15, -0.1) is 11.3 Å². The first-order chi connectivity index (χ1) is 12.6. The zero-order valence-corrected chi connectivity index (χ0v) is 15.7. The van der Waals surface area contributed by atoms with E-state index in [0.29, 0.717) is 16.6 Å². The Morgan fingerprint density at radius 1 is 1.23 bits per heavy atom. The van der Waals surface area contributed by atoms with E-state index in [4.69, 9.17) is 13.9 Å². The summed E-state index contributed by atoms with van der Waals surface area (Å²) < 4.78 is 15.8. The first-order valence-electron chi connectivity index (χ1n) is 8.22. The zero-order chi connectivity index (χ0) is 18.5. The van der Waals surface area contributed by atoms with Gasteiger partial charge in [0.1, 0.15) is 11.5 Å². The van der Waals surface area contributed by atoms with Crippen molar-refractivity contribution in [3.05, 3.63) is 47.2 Å². The second kappa shape index (κ2) is 8.05. The van der Waals surface area contributed by atoms with Crippen LogP contribution < -0.4 is 14.8 Å². The molecule has 2 heterocycles. The van der Waals surface area contributed by atoms with E-state index < -0.39 is 0 Å². The Hall–Kier alpha value is -2.80. The number of aryl methyl sites for hydroxylation is 1. The van der Waals surface area contributed by atoms with Gasteiger partial charge in [0.05, 0.1) is 26.2 Å². The molecule has 0 aliphatic rings. The Morgan fingerprint density at radius 3 is 2.54 bits per heavy atom. The SMILES string of the molecule is CCCc1sc(NC(=O)c2ccco2)nc1-c1cc(OC)cc(OC)c1. The van der Waals surface area contributed by atoms with Gasteiger partial charge in [0.25, 0.3) is 5.91 Å². The van der Waals surface area contributed by atoms with Crippen molar-refractivity contribution in [2.24, 2.45) is 0 Å². The van der Waals surface area contributed by atoms with Crippen LogP contribution in [0.4, 0.5) is 5.13 Å². The molecule has 0 aliphatic carbocycles. The van der Waals surface area contributed by atoms with Crippen molar-refractivity contribution in [2.45, 2.75) is 19.8 Å². The van der Waals surface area contributed by atoms with Gasteiger partial charge in [-0.3, -0.25) is 10.1 Å². The molecule has 0 saturated heterocycles. The summed E-state index contributed by atoms with van der Waals surface area (Å²) in [5.74, 6) is 1.32. The molecule has 7 heteroatoms. The molecule has 0 radical (unpaired) electrons. The highest BCUT2D eigenvalue weighted by molar-refractivity contribution is 7.16. The summed E-state index contributed by atoms with van der Waals surface area (Å²) in [6.45, 7) is 2.11. The van der Waals surface area contributed by atoms with Gasteiger partial charge in [0.15, 0.2) is 10.9 Å². The molecule has 136 valence electrons. The Bertz CT molecular complexity index is 865. The number of amides is 1. The molecule has 0 bridgehead atoms. The summed E-state index contributed by atoms with van der Waals surface area (Å²) in [5.41, 5.74) is 1.71. The van der Waals surface area contributed by atoms with Crippen LogP contribution >= 0.6 is 11.3 Å². The van der Waals surface area contributed by atoms with Crippen LogP contribution in [-0.2, 0) is 6.42 Å². The lowest BCUT2D eigenvalue weighted by atomic mass is 10.1. The molecule has 3 aromatic rings.